The first-order valence-corrected chi connectivity index (χ1v) is 7.42. The number of nitrogens with zero attached hydrogens (tertiary/aromatic N) is 1. The van der Waals surface area contributed by atoms with E-state index in [1.54, 1.807) is 0 Å². The number of nitrogens with two attached hydrogens (primary N) is 1. The maximum absolute atomic E-state index is 11.7. The predicted molar refractivity (Wildman–Crippen MR) is 80.9 cm³/mol. The lowest BCUT2D eigenvalue weighted by Gasteiger charge is -2.25. The van der Waals surface area contributed by atoms with Crippen LogP contribution in [0.5, 0.6) is 0 Å². The molecule has 0 aromatic heterocycles. The van der Waals surface area contributed by atoms with Crippen LogP contribution in [-0.2, 0) is 14.4 Å². The zero-order chi connectivity index (χ0) is 16.8. The first kappa shape index (κ1) is 20.5. The smallest absolute Gasteiger partial charge is 0.234 e. The predicted octanol–water partition coefficient (Wildman–Crippen LogP) is -1.61. The number of carbonyl (C=O) groups is 3. The Labute approximate surface area is 130 Å². The topological polar surface area (TPSA) is 137 Å². The van der Waals surface area contributed by atoms with Gasteiger partial charge < -0.3 is 15.6 Å². The van der Waals surface area contributed by atoms with E-state index in [-0.39, 0.29) is 31.8 Å². The minimum atomic E-state index is -0.981. The van der Waals surface area contributed by atoms with Crippen LogP contribution in [0.2, 0.25) is 0 Å². The number of aldehydes is 1. The summed E-state index contributed by atoms with van der Waals surface area (Å²) in [7, 11) is 0. The summed E-state index contributed by atoms with van der Waals surface area (Å²) in [5.41, 5.74) is 12.9. The number of aliphatic hydroxyl groups is 1. The standard InChI is InChI=1S/C13H27N5O4/c1-2-3-5-12(21)17-18(8-4-9-19)10-13(22)16-15-7-6-11(14)20/h9,13,15-16,22H,2-8,10H2,1H3,(H2,14,20)(H,17,21). The normalized spacial score (nSPS) is 12.1. The van der Waals surface area contributed by atoms with E-state index in [4.69, 9.17) is 5.73 Å². The van der Waals surface area contributed by atoms with Crippen LogP contribution < -0.4 is 22.0 Å². The zero-order valence-corrected chi connectivity index (χ0v) is 13.0. The molecule has 0 aromatic rings. The van der Waals surface area contributed by atoms with Crippen molar-refractivity contribution in [2.75, 3.05) is 19.6 Å². The van der Waals surface area contributed by atoms with Gasteiger partial charge in [-0.05, 0) is 6.42 Å². The van der Waals surface area contributed by atoms with Crippen molar-refractivity contribution in [3.63, 3.8) is 0 Å². The third kappa shape index (κ3) is 12.2. The van der Waals surface area contributed by atoms with Crippen LogP contribution in [-0.4, -0.2) is 54.1 Å². The summed E-state index contributed by atoms with van der Waals surface area (Å²) in [5, 5.41) is 11.3. The molecule has 0 heterocycles. The average Bonchev–Trinajstić information content (AvgIpc) is 2.46. The summed E-state index contributed by atoms with van der Waals surface area (Å²) in [4.78, 5) is 32.7. The molecule has 0 saturated carbocycles. The zero-order valence-electron chi connectivity index (χ0n) is 13.0. The molecule has 0 fully saturated rings. The fourth-order valence-electron chi connectivity index (χ4n) is 1.60. The van der Waals surface area contributed by atoms with Crippen LogP contribution in [0.15, 0.2) is 0 Å². The molecule has 22 heavy (non-hydrogen) atoms. The Kier molecular flexibility index (Phi) is 12.2. The number of primary amides is 1. The Balaban J connectivity index is 4.11. The highest BCUT2D eigenvalue weighted by molar-refractivity contribution is 5.75. The van der Waals surface area contributed by atoms with Crippen LogP contribution in [0.4, 0.5) is 0 Å². The Morgan fingerprint density at radius 1 is 1.36 bits per heavy atom. The lowest BCUT2D eigenvalue weighted by Crippen LogP contribution is -2.52. The summed E-state index contributed by atoms with van der Waals surface area (Å²) in [6.07, 6.45) is 2.24. The van der Waals surface area contributed by atoms with Crippen molar-refractivity contribution in [3.05, 3.63) is 0 Å². The van der Waals surface area contributed by atoms with E-state index in [9.17, 15) is 19.5 Å². The van der Waals surface area contributed by atoms with E-state index in [2.05, 4.69) is 16.3 Å². The van der Waals surface area contributed by atoms with Gasteiger partial charge in [-0.3, -0.25) is 20.4 Å². The summed E-state index contributed by atoms with van der Waals surface area (Å²) in [6.45, 7) is 2.67. The van der Waals surface area contributed by atoms with E-state index in [1.165, 1.54) is 5.01 Å². The monoisotopic (exact) mass is 317 g/mol. The SMILES string of the molecule is CCCCC(=O)NN(CCC=O)CC(O)NNCCC(N)=O. The fourth-order valence-corrected chi connectivity index (χ4v) is 1.60. The molecule has 0 spiro atoms. The van der Waals surface area contributed by atoms with Crippen molar-refractivity contribution >= 4 is 18.1 Å². The van der Waals surface area contributed by atoms with Crippen molar-refractivity contribution < 1.29 is 19.5 Å². The number of amides is 2. The van der Waals surface area contributed by atoms with Gasteiger partial charge in [0.15, 0.2) is 0 Å². The third-order valence-corrected chi connectivity index (χ3v) is 2.72. The fraction of sp³-hybridized carbons (Fsp3) is 0.769. The second-order valence-corrected chi connectivity index (χ2v) is 4.84. The summed E-state index contributed by atoms with van der Waals surface area (Å²) in [6, 6.07) is 0. The van der Waals surface area contributed by atoms with Gasteiger partial charge in [0, 0.05) is 32.4 Å². The molecular formula is C13H27N5O4. The van der Waals surface area contributed by atoms with Crippen molar-refractivity contribution in [3.8, 4) is 0 Å². The largest absolute Gasteiger partial charge is 0.376 e. The molecule has 1 unspecified atom stereocenters. The van der Waals surface area contributed by atoms with Crippen LogP contribution in [0.25, 0.3) is 0 Å². The molecule has 0 radical (unpaired) electrons. The molecule has 0 aliphatic carbocycles. The lowest BCUT2D eigenvalue weighted by atomic mass is 10.2. The first-order valence-electron chi connectivity index (χ1n) is 7.42. The van der Waals surface area contributed by atoms with Gasteiger partial charge in [-0.2, -0.15) is 0 Å². The molecule has 9 heteroatoms. The lowest BCUT2D eigenvalue weighted by molar-refractivity contribution is -0.127. The number of rotatable bonds is 14. The van der Waals surface area contributed by atoms with Gasteiger partial charge in [0.25, 0.3) is 0 Å². The van der Waals surface area contributed by atoms with Crippen molar-refractivity contribution in [1.29, 1.82) is 0 Å². The van der Waals surface area contributed by atoms with E-state index >= 15 is 0 Å². The summed E-state index contributed by atoms with van der Waals surface area (Å²) in [5.74, 6) is -0.596. The van der Waals surface area contributed by atoms with Crippen LogP contribution in [0, 0.1) is 0 Å². The van der Waals surface area contributed by atoms with Gasteiger partial charge in [0.1, 0.15) is 12.5 Å². The molecule has 9 nitrogen and oxygen atoms in total. The van der Waals surface area contributed by atoms with Gasteiger partial charge in [-0.25, -0.2) is 10.4 Å². The van der Waals surface area contributed by atoms with Crippen LogP contribution in [0.3, 0.4) is 0 Å². The Morgan fingerprint density at radius 2 is 2.09 bits per heavy atom. The number of nitrogens with one attached hydrogen (secondary N) is 3. The molecule has 1 atom stereocenters. The number of hydrogen-bond donors (Lipinski definition) is 5. The molecule has 0 aliphatic heterocycles. The Hall–Kier alpha value is -1.55. The molecular weight excluding hydrogens is 290 g/mol. The molecule has 6 N–H and O–H groups in total. The summed E-state index contributed by atoms with van der Waals surface area (Å²) < 4.78 is 0. The maximum Gasteiger partial charge on any atom is 0.234 e. The van der Waals surface area contributed by atoms with Gasteiger partial charge in [0.2, 0.25) is 11.8 Å². The van der Waals surface area contributed by atoms with Gasteiger partial charge in [-0.1, -0.05) is 13.3 Å². The van der Waals surface area contributed by atoms with Gasteiger partial charge >= 0.3 is 0 Å². The number of hydrazine groups is 2. The number of unbranched alkanes of at least 4 members (excludes halogenated alkanes) is 1. The molecule has 128 valence electrons. The van der Waals surface area contributed by atoms with Crippen LogP contribution >= 0.6 is 0 Å². The van der Waals surface area contributed by atoms with E-state index < -0.39 is 12.1 Å². The van der Waals surface area contributed by atoms with Crippen molar-refractivity contribution in [2.45, 2.75) is 45.3 Å². The molecule has 0 bridgehead atoms. The second-order valence-electron chi connectivity index (χ2n) is 4.84. The van der Waals surface area contributed by atoms with E-state index in [0.29, 0.717) is 13.0 Å². The highest BCUT2D eigenvalue weighted by atomic mass is 16.3. The molecule has 0 aromatic carbocycles. The highest BCUT2D eigenvalue weighted by Crippen LogP contribution is 1.95. The average molecular weight is 317 g/mol. The van der Waals surface area contributed by atoms with Crippen LogP contribution in [0.1, 0.15) is 39.0 Å². The molecule has 0 saturated heterocycles. The van der Waals surface area contributed by atoms with Gasteiger partial charge in [-0.15, -0.1) is 0 Å². The minimum Gasteiger partial charge on any atom is -0.376 e. The van der Waals surface area contributed by atoms with Crippen molar-refractivity contribution in [2.24, 2.45) is 5.73 Å². The molecule has 0 rings (SSSR count). The Bertz CT molecular complexity index is 340. The number of hydrogen-bond acceptors (Lipinski definition) is 7. The maximum atomic E-state index is 11.7. The molecule has 2 amide bonds. The summed E-state index contributed by atoms with van der Waals surface area (Å²) >= 11 is 0. The quantitative estimate of drug-likeness (QED) is 0.112. The minimum absolute atomic E-state index is 0.0925. The van der Waals surface area contributed by atoms with E-state index in [0.717, 1.165) is 19.1 Å². The Morgan fingerprint density at radius 3 is 2.68 bits per heavy atom. The highest BCUT2D eigenvalue weighted by Gasteiger charge is 2.13. The third-order valence-electron chi connectivity index (χ3n) is 2.72. The van der Waals surface area contributed by atoms with E-state index in [1.807, 2.05) is 6.92 Å². The van der Waals surface area contributed by atoms with Crippen molar-refractivity contribution in [1.82, 2.24) is 21.3 Å². The number of aliphatic hydroxyl groups excluding tert-OH is 1. The van der Waals surface area contributed by atoms with Gasteiger partial charge in [0.05, 0.1) is 6.54 Å². The first-order chi connectivity index (χ1) is 10.5. The molecule has 0 aliphatic rings. The second kappa shape index (κ2) is 13.1. The number of carbonyl (C=O) groups excluding carboxylic acids is 3.